The van der Waals surface area contributed by atoms with Crippen LogP contribution >= 0.6 is 43.5 Å². The van der Waals surface area contributed by atoms with E-state index in [2.05, 4.69) is 36.6 Å². The van der Waals surface area contributed by atoms with Crippen molar-refractivity contribution in [1.29, 1.82) is 0 Å². The molecule has 1 aromatic carbocycles. The molecular weight excluding hydrogens is 361 g/mol. The van der Waals surface area contributed by atoms with Crippen molar-refractivity contribution in [3.8, 4) is 5.75 Å². The number of carbonyl (C=O) groups is 1. The summed E-state index contributed by atoms with van der Waals surface area (Å²) >= 11 is 11.3. The molecule has 0 heterocycles. The quantitative estimate of drug-likeness (QED) is 0.752. The smallest absolute Gasteiger partial charge is 0.387 e. The predicted octanol–water partition coefficient (Wildman–Crippen LogP) is 4.19. The Hall–Kier alpha value is -0.200. The number of alkyl halides is 2. The van der Waals surface area contributed by atoms with E-state index in [0.717, 1.165) is 6.07 Å². The number of halogens is 5. The van der Waals surface area contributed by atoms with Crippen LogP contribution in [0, 0.1) is 0 Å². The van der Waals surface area contributed by atoms with Crippen LogP contribution in [0.3, 0.4) is 0 Å². The molecule has 0 amide bonds. The Balaban J connectivity index is 3.17. The molecule has 0 atom stereocenters. The number of benzene rings is 1. The van der Waals surface area contributed by atoms with Gasteiger partial charge in [-0.05, 0) is 55.6 Å². The fourth-order valence-electron chi connectivity index (χ4n) is 0.866. The second-order valence-corrected chi connectivity index (χ2v) is 4.47. The average molecular weight is 364 g/mol. The minimum Gasteiger partial charge on any atom is -0.434 e. The molecule has 0 aliphatic carbocycles. The van der Waals surface area contributed by atoms with Crippen LogP contribution in [0.5, 0.6) is 5.75 Å². The Bertz CT molecular complexity index is 398. The first kappa shape index (κ1) is 12.9. The molecule has 0 unspecified atom stereocenters. The van der Waals surface area contributed by atoms with Crippen LogP contribution in [-0.2, 0) is 0 Å². The van der Waals surface area contributed by atoms with Gasteiger partial charge in [0.25, 0.3) is 5.24 Å². The highest BCUT2D eigenvalue weighted by Crippen LogP contribution is 2.33. The number of carbonyl (C=O) groups excluding carboxylic acids is 1. The monoisotopic (exact) mass is 362 g/mol. The van der Waals surface area contributed by atoms with Gasteiger partial charge in [0.05, 0.1) is 10.0 Å². The van der Waals surface area contributed by atoms with Gasteiger partial charge in [0.2, 0.25) is 0 Å². The van der Waals surface area contributed by atoms with Crippen LogP contribution in [-0.4, -0.2) is 11.9 Å². The second kappa shape index (κ2) is 5.23. The number of ether oxygens (including phenoxy) is 1. The summed E-state index contributed by atoms with van der Waals surface area (Å²) in [5.41, 5.74) is 0.0653. The fraction of sp³-hybridized carbons (Fsp3) is 0.125. The molecule has 0 spiro atoms. The van der Waals surface area contributed by atoms with Gasteiger partial charge < -0.3 is 4.74 Å². The molecule has 0 N–H and O–H groups in total. The Morgan fingerprint density at radius 1 is 1.33 bits per heavy atom. The van der Waals surface area contributed by atoms with Crippen LogP contribution in [0.2, 0.25) is 0 Å². The van der Waals surface area contributed by atoms with Crippen molar-refractivity contribution in [2.45, 2.75) is 6.61 Å². The van der Waals surface area contributed by atoms with Crippen LogP contribution in [0.4, 0.5) is 8.78 Å². The molecule has 0 saturated heterocycles. The summed E-state index contributed by atoms with van der Waals surface area (Å²) in [7, 11) is 0. The minimum atomic E-state index is -2.96. The number of hydrogen-bond donors (Lipinski definition) is 0. The lowest BCUT2D eigenvalue weighted by molar-refractivity contribution is -0.0504. The Labute approximate surface area is 106 Å². The maximum Gasteiger partial charge on any atom is 0.387 e. The lowest BCUT2D eigenvalue weighted by Crippen LogP contribution is -2.04. The molecule has 82 valence electrons. The van der Waals surface area contributed by atoms with Gasteiger partial charge in [-0.25, -0.2) is 0 Å². The van der Waals surface area contributed by atoms with Gasteiger partial charge in [0.15, 0.2) is 0 Å². The van der Waals surface area contributed by atoms with E-state index < -0.39 is 11.9 Å². The average Bonchev–Trinajstić information content (AvgIpc) is 2.08. The highest BCUT2D eigenvalue weighted by molar-refractivity contribution is 9.11. The van der Waals surface area contributed by atoms with Gasteiger partial charge in [-0.2, -0.15) is 8.78 Å². The van der Waals surface area contributed by atoms with E-state index in [1.54, 1.807) is 0 Å². The van der Waals surface area contributed by atoms with E-state index in [4.69, 9.17) is 11.6 Å². The van der Waals surface area contributed by atoms with Gasteiger partial charge in [0.1, 0.15) is 5.75 Å². The molecule has 1 aromatic rings. The summed E-state index contributed by atoms with van der Waals surface area (Å²) < 4.78 is 28.8. The summed E-state index contributed by atoms with van der Waals surface area (Å²) in [5, 5.41) is -0.756. The minimum absolute atomic E-state index is 0.0653. The van der Waals surface area contributed by atoms with Crippen LogP contribution in [0.1, 0.15) is 10.4 Å². The zero-order valence-electron chi connectivity index (χ0n) is 6.94. The molecule has 2 nitrogen and oxygen atoms in total. The number of hydrogen-bond acceptors (Lipinski definition) is 2. The van der Waals surface area contributed by atoms with Crippen molar-refractivity contribution in [2.24, 2.45) is 0 Å². The third-order valence-corrected chi connectivity index (χ3v) is 2.93. The first-order valence-corrected chi connectivity index (χ1v) is 5.52. The van der Waals surface area contributed by atoms with E-state index >= 15 is 0 Å². The van der Waals surface area contributed by atoms with E-state index in [9.17, 15) is 13.6 Å². The van der Waals surface area contributed by atoms with Crippen LogP contribution < -0.4 is 4.74 Å². The molecule has 0 radical (unpaired) electrons. The summed E-state index contributed by atoms with van der Waals surface area (Å²) in [6.45, 7) is -2.96. The van der Waals surface area contributed by atoms with Crippen molar-refractivity contribution in [1.82, 2.24) is 0 Å². The van der Waals surface area contributed by atoms with Crippen molar-refractivity contribution < 1.29 is 18.3 Å². The lowest BCUT2D eigenvalue weighted by atomic mass is 10.2. The maximum absolute atomic E-state index is 12.0. The molecule has 0 aliphatic rings. The van der Waals surface area contributed by atoms with E-state index in [0.29, 0.717) is 8.95 Å². The molecule has 0 aliphatic heterocycles. The predicted molar refractivity (Wildman–Crippen MR) is 58.7 cm³/mol. The Morgan fingerprint density at radius 3 is 2.40 bits per heavy atom. The molecule has 1 rings (SSSR count). The van der Waals surface area contributed by atoms with E-state index in [-0.39, 0.29) is 11.3 Å². The Morgan fingerprint density at radius 2 is 1.93 bits per heavy atom. The summed E-state index contributed by atoms with van der Waals surface area (Å²) in [6, 6.07) is 2.54. The molecular formula is C8H3Br2ClF2O2. The zero-order chi connectivity index (χ0) is 11.6. The summed E-state index contributed by atoms with van der Waals surface area (Å²) in [4.78, 5) is 10.9. The summed E-state index contributed by atoms with van der Waals surface area (Å²) in [6.07, 6.45) is 0. The second-order valence-electron chi connectivity index (χ2n) is 2.41. The van der Waals surface area contributed by atoms with E-state index in [1.807, 2.05) is 0 Å². The van der Waals surface area contributed by atoms with Crippen molar-refractivity contribution in [2.75, 3.05) is 0 Å². The molecule has 15 heavy (non-hydrogen) atoms. The molecule has 0 fully saturated rings. The fourth-order valence-corrected chi connectivity index (χ4v) is 2.40. The topological polar surface area (TPSA) is 26.3 Å². The molecule has 0 aromatic heterocycles. The van der Waals surface area contributed by atoms with Gasteiger partial charge in [-0.1, -0.05) is 0 Å². The standard InChI is InChI=1S/C8H3Br2ClF2O2/c9-4-2-5(10)6(15-8(12)13)1-3(4)7(11)14/h1-2,8H. The van der Waals surface area contributed by atoms with Crippen molar-refractivity contribution in [3.63, 3.8) is 0 Å². The Kier molecular flexibility index (Phi) is 4.48. The van der Waals surface area contributed by atoms with Gasteiger partial charge in [0, 0.05) is 4.47 Å². The highest BCUT2D eigenvalue weighted by atomic mass is 79.9. The third kappa shape index (κ3) is 3.39. The third-order valence-electron chi connectivity index (χ3n) is 1.45. The van der Waals surface area contributed by atoms with Crippen LogP contribution in [0.25, 0.3) is 0 Å². The van der Waals surface area contributed by atoms with Gasteiger partial charge in [-0.15, -0.1) is 0 Å². The highest BCUT2D eigenvalue weighted by Gasteiger charge is 2.15. The van der Waals surface area contributed by atoms with Gasteiger partial charge in [-0.3, -0.25) is 4.79 Å². The van der Waals surface area contributed by atoms with Gasteiger partial charge >= 0.3 is 6.61 Å². The van der Waals surface area contributed by atoms with Crippen LogP contribution in [0.15, 0.2) is 21.1 Å². The molecule has 7 heteroatoms. The van der Waals surface area contributed by atoms with Crippen molar-refractivity contribution >= 4 is 48.7 Å². The largest absolute Gasteiger partial charge is 0.434 e. The first-order valence-electron chi connectivity index (χ1n) is 3.55. The normalized spacial score (nSPS) is 10.5. The van der Waals surface area contributed by atoms with E-state index in [1.165, 1.54) is 6.07 Å². The van der Waals surface area contributed by atoms with Crippen molar-refractivity contribution in [3.05, 3.63) is 26.6 Å². The number of rotatable bonds is 3. The zero-order valence-corrected chi connectivity index (χ0v) is 10.9. The molecule has 0 saturated carbocycles. The lowest BCUT2D eigenvalue weighted by Gasteiger charge is -2.08. The SMILES string of the molecule is O=C(Cl)c1cc(OC(F)F)c(Br)cc1Br. The first-order chi connectivity index (χ1) is 6.91. The maximum atomic E-state index is 12.0. The molecule has 0 bridgehead atoms. The summed E-state index contributed by atoms with van der Waals surface area (Å²) in [5.74, 6) is -0.141.